The van der Waals surface area contributed by atoms with Crippen LogP contribution in [0.25, 0.3) is 0 Å². The van der Waals surface area contributed by atoms with Gasteiger partial charge in [0.2, 0.25) is 5.82 Å². The number of aromatic nitrogens is 1. The van der Waals surface area contributed by atoms with Crippen molar-refractivity contribution >= 4 is 11.5 Å². The zero-order chi connectivity index (χ0) is 14.4. The molecule has 0 saturated heterocycles. The molecule has 1 atom stereocenters. The fourth-order valence-electron chi connectivity index (χ4n) is 2.93. The highest BCUT2D eigenvalue weighted by atomic mass is 16.6. The summed E-state index contributed by atoms with van der Waals surface area (Å²) in [4.78, 5) is 14.7. The van der Waals surface area contributed by atoms with Crippen molar-refractivity contribution in [2.45, 2.75) is 44.6 Å². The van der Waals surface area contributed by atoms with Gasteiger partial charge in [0.1, 0.15) is 0 Å². The van der Waals surface area contributed by atoms with Crippen LogP contribution in [0.1, 0.15) is 38.5 Å². The molecule has 0 aliphatic heterocycles. The molecule has 20 heavy (non-hydrogen) atoms. The van der Waals surface area contributed by atoms with E-state index in [9.17, 15) is 15.2 Å². The first kappa shape index (κ1) is 14.7. The lowest BCUT2D eigenvalue weighted by atomic mass is 9.82. The van der Waals surface area contributed by atoms with Crippen LogP contribution in [0.2, 0.25) is 0 Å². The standard InChI is InChI=1S/C14H21N3O3/c18-10-8-12(11-5-2-1-3-6-11)16-14-13(17(19)20)7-4-9-15-14/h4,7,9,11-12,18H,1-3,5-6,8,10H2,(H,15,16). The lowest BCUT2D eigenvalue weighted by molar-refractivity contribution is -0.384. The van der Waals surface area contributed by atoms with Crippen molar-refractivity contribution in [2.24, 2.45) is 5.92 Å². The van der Waals surface area contributed by atoms with Crippen LogP contribution in [-0.4, -0.2) is 27.7 Å². The van der Waals surface area contributed by atoms with E-state index in [-0.39, 0.29) is 18.3 Å². The second-order valence-corrected chi connectivity index (χ2v) is 5.29. The summed E-state index contributed by atoms with van der Waals surface area (Å²) >= 11 is 0. The van der Waals surface area contributed by atoms with E-state index in [2.05, 4.69) is 10.3 Å². The number of aliphatic hydroxyl groups is 1. The van der Waals surface area contributed by atoms with Gasteiger partial charge in [-0.25, -0.2) is 4.98 Å². The van der Waals surface area contributed by atoms with Gasteiger partial charge in [-0.1, -0.05) is 19.3 Å². The van der Waals surface area contributed by atoms with Crippen LogP contribution in [0.4, 0.5) is 11.5 Å². The summed E-state index contributed by atoms with van der Waals surface area (Å²) in [5, 5.41) is 23.4. The van der Waals surface area contributed by atoms with E-state index >= 15 is 0 Å². The van der Waals surface area contributed by atoms with Crippen LogP contribution < -0.4 is 5.32 Å². The second-order valence-electron chi connectivity index (χ2n) is 5.29. The van der Waals surface area contributed by atoms with Gasteiger partial charge in [-0.2, -0.15) is 0 Å². The molecule has 6 heteroatoms. The molecule has 2 rings (SSSR count). The third-order valence-corrected chi connectivity index (χ3v) is 3.96. The van der Waals surface area contributed by atoms with Gasteiger partial charge in [-0.15, -0.1) is 0 Å². The van der Waals surface area contributed by atoms with Gasteiger partial charge in [0.25, 0.3) is 0 Å². The molecule has 1 aromatic rings. The number of pyridine rings is 1. The molecule has 6 nitrogen and oxygen atoms in total. The average molecular weight is 279 g/mol. The van der Waals surface area contributed by atoms with Crippen LogP contribution in [-0.2, 0) is 0 Å². The Labute approximate surface area is 118 Å². The number of nitrogens with zero attached hydrogens (tertiary/aromatic N) is 2. The predicted molar refractivity (Wildman–Crippen MR) is 76.6 cm³/mol. The first-order valence-electron chi connectivity index (χ1n) is 7.19. The van der Waals surface area contributed by atoms with Crippen molar-refractivity contribution in [3.63, 3.8) is 0 Å². The molecule has 1 aromatic heterocycles. The Hall–Kier alpha value is -1.69. The van der Waals surface area contributed by atoms with E-state index in [0.717, 1.165) is 12.8 Å². The monoisotopic (exact) mass is 279 g/mol. The molecule has 0 radical (unpaired) electrons. The van der Waals surface area contributed by atoms with Gasteiger partial charge in [-0.05, 0) is 31.2 Å². The Morgan fingerprint density at radius 3 is 2.85 bits per heavy atom. The van der Waals surface area contributed by atoms with Crippen molar-refractivity contribution in [1.82, 2.24) is 4.98 Å². The first-order valence-corrected chi connectivity index (χ1v) is 7.19. The average Bonchev–Trinajstić information content (AvgIpc) is 2.48. The van der Waals surface area contributed by atoms with Crippen molar-refractivity contribution in [2.75, 3.05) is 11.9 Å². The second kappa shape index (κ2) is 7.19. The summed E-state index contributed by atoms with van der Waals surface area (Å²) in [6, 6.07) is 3.06. The predicted octanol–water partition coefficient (Wildman–Crippen LogP) is 2.73. The van der Waals surface area contributed by atoms with Crippen molar-refractivity contribution in [3.8, 4) is 0 Å². The molecular weight excluding hydrogens is 258 g/mol. The number of anilines is 1. The van der Waals surface area contributed by atoms with Crippen LogP contribution in [0.15, 0.2) is 18.3 Å². The Bertz CT molecular complexity index is 447. The number of hydrogen-bond acceptors (Lipinski definition) is 5. The minimum absolute atomic E-state index is 0.00810. The van der Waals surface area contributed by atoms with Gasteiger partial charge in [0, 0.05) is 24.9 Å². The number of rotatable bonds is 6. The number of nitro groups is 1. The van der Waals surface area contributed by atoms with Gasteiger partial charge in [0.15, 0.2) is 0 Å². The lowest BCUT2D eigenvalue weighted by Crippen LogP contribution is -2.32. The maximum Gasteiger partial charge on any atom is 0.311 e. The molecule has 1 aliphatic carbocycles. The van der Waals surface area contributed by atoms with Gasteiger partial charge in [0.05, 0.1) is 4.92 Å². The molecule has 1 unspecified atom stereocenters. The summed E-state index contributed by atoms with van der Waals surface area (Å²) < 4.78 is 0. The Kier molecular flexibility index (Phi) is 5.29. The molecule has 1 heterocycles. The molecule has 0 aromatic carbocycles. The number of hydrogen-bond donors (Lipinski definition) is 2. The lowest BCUT2D eigenvalue weighted by Gasteiger charge is -2.30. The minimum atomic E-state index is -0.424. The van der Waals surface area contributed by atoms with Crippen LogP contribution in [0.3, 0.4) is 0 Å². The van der Waals surface area contributed by atoms with Crippen molar-refractivity contribution < 1.29 is 10.0 Å². The molecule has 1 fully saturated rings. The molecule has 110 valence electrons. The smallest absolute Gasteiger partial charge is 0.311 e. The summed E-state index contributed by atoms with van der Waals surface area (Å²) in [5.74, 6) is 0.763. The van der Waals surface area contributed by atoms with E-state index in [1.54, 1.807) is 12.3 Å². The van der Waals surface area contributed by atoms with Gasteiger partial charge < -0.3 is 10.4 Å². The highest BCUT2D eigenvalue weighted by molar-refractivity contribution is 5.55. The highest BCUT2D eigenvalue weighted by Crippen LogP contribution is 2.31. The molecule has 1 aliphatic rings. The molecule has 1 saturated carbocycles. The maximum atomic E-state index is 11.0. The van der Waals surface area contributed by atoms with Crippen LogP contribution in [0.5, 0.6) is 0 Å². The molecule has 2 N–H and O–H groups in total. The SMILES string of the molecule is O=[N+]([O-])c1cccnc1NC(CCO)C1CCCCC1. The largest absolute Gasteiger partial charge is 0.396 e. The fourth-order valence-corrected chi connectivity index (χ4v) is 2.93. The fraction of sp³-hybridized carbons (Fsp3) is 0.643. The van der Waals surface area contributed by atoms with E-state index in [0.29, 0.717) is 18.2 Å². The topological polar surface area (TPSA) is 88.3 Å². The zero-order valence-electron chi connectivity index (χ0n) is 11.5. The molecular formula is C14H21N3O3. The van der Waals surface area contributed by atoms with E-state index in [1.807, 2.05) is 0 Å². The third kappa shape index (κ3) is 3.66. The van der Waals surface area contributed by atoms with E-state index in [1.165, 1.54) is 25.3 Å². The Morgan fingerprint density at radius 2 is 2.20 bits per heavy atom. The molecule has 0 spiro atoms. The van der Waals surface area contributed by atoms with Gasteiger partial charge >= 0.3 is 5.69 Å². The normalized spacial score (nSPS) is 17.6. The molecule has 0 amide bonds. The summed E-state index contributed by atoms with van der Waals surface area (Å²) in [6.45, 7) is 0.0782. The van der Waals surface area contributed by atoms with Crippen molar-refractivity contribution in [1.29, 1.82) is 0 Å². The summed E-state index contributed by atoms with van der Waals surface area (Å²) in [7, 11) is 0. The minimum Gasteiger partial charge on any atom is -0.396 e. The van der Waals surface area contributed by atoms with Crippen molar-refractivity contribution in [3.05, 3.63) is 28.4 Å². The zero-order valence-corrected chi connectivity index (χ0v) is 11.5. The third-order valence-electron chi connectivity index (χ3n) is 3.96. The van der Waals surface area contributed by atoms with E-state index in [4.69, 9.17) is 0 Å². The van der Waals surface area contributed by atoms with Crippen LogP contribution >= 0.6 is 0 Å². The Balaban J connectivity index is 2.13. The van der Waals surface area contributed by atoms with Gasteiger partial charge in [-0.3, -0.25) is 10.1 Å². The number of nitrogens with one attached hydrogen (secondary N) is 1. The van der Waals surface area contributed by atoms with E-state index < -0.39 is 4.92 Å². The summed E-state index contributed by atoms with van der Waals surface area (Å²) in [5.41, 5.74) is -0.00810. The number of aliphatic hydroxyl groups excluding tert-OH is 1. The van der Waals surface area contributed by atoms with Crippen LogP contribution in [0, 0.1) is 16.0 Å². The summed E-state index contributed by atoms with van der Waals surface area (Å²) in [6.07, 6.45) is 8.00. The highest BCUT2D eigenvalue weighted by Gasteiger charge is 2.26. The first-order chi connectivity index (χ1) is 9.72. The maximum absolute atomic E-state index is 11.0. The quantitative estimate of drug-likeness (QED) is 0.617. The Morgan fingerprint density at radius 1 is 1.45 bits per heavy atom. The molecule has 0 bridgehead atoms.